The summed E-state index contributed by atoms with van der Waals surface area (Å²) in [6, 6.07) is 7.63. The molecule has 0 saturated carbocycles. The highest BCUT2D eigenvalue weighted by atomic mass is 16.7. The lowest BCUT2D eigenvalue weighted by Crippen LogP contribution is -2.63. The number of aromatic amines is 1. The summed E-state index contributed by atoms with van der Waals surface area (Å²) in [6.07, 6.45) is -19.3. The highest BCUT2D eigenvalue weighted by Gasteiger charge is 2.52. The molecule has 53 heavy (non-hydrogen) atoms. The van der Waals surface area contributed by atoms with Crippen LogP contribution in [-0.4, -0.2) is 129 Å². The van der Waals surface area contributed by atoms with E-state index in [0.29, 0.717) is 12.0 Å². The Labute approximate surface area is 297 Å². The zero-order valence-electron chi connectivity index (χ0n) is 27.5. The molecule has 2 fully saturated rings. The minimum Gasteiger partial charge on any atom is -0.507 e. The number of nitrogens with one attached hydrogen (secondary N) is 1. The molecule has 0 bridgehead atoms. The van der Waals surface area contributed by atoms with Gasteiger partial charge in [0.05, 0.1) is 0 Å². The number of benzene rings is 2. The van der Waals surface area contributed by atoms with Crippen molar-refractivity contribution in [3.05, 3.63) is 69.6 Å². The number of rotatable bonds is 9. The minimum atomic E-state index is -2.21. The molecular weight excluding hydrogens is 710 g/mol. The Hall–Kier alpha value is -5.25. The number of hydrogen-bond acceptors (Lipinski definition) is 17. The highest BCUT2D eigenvalue weighted by Crippen LogP contribution is 2.40. The van der Waals surface area contributed by atoms with E-state index < -0.39 is 96.0 Å². The van der Waals surface area contributed by atoms with Gasteiger partial charge >= 0.3 is 11.9 Å². The predicted molar refractivity (Wildman–Crippen MR) is 174 cm³/mol. The molecule has 0 amide bonds. The molecule has 0 spiro atoms. The van der Waals surface area contributed by atoms with Crippen molar-refractivity contribution >= 4 is 22.9 Å². The molecule has 0 radical (unpaired) electrons. The summed E-state index contributed by atoms with van der Waals surface area (Å²) in [5.74, 6) is -5.30. The molecule has 2 aliphatic rings. The molecule has 2 aromatic carbocycles. The second-order valence-corrected chi connectivity index (χ2v) is 12.5. The summed E-state index contributed by atoms with van der Waals surface area (Å²) in [6.45, 7) is 1.90. The van der Waals surface area contributed by atoms with Gasteiger partial charge < -0.3 is 79.4 Å². The normalized spacial score (nSPS) is 28.8. The van der Waals surface area contributed by atoms with Gasteiger partial charge in [-0.1, -0.05) is 6.92 Å². The number of aromatic nitrogens is 1. The molecule has 19 heteroatoms. The van der Waals surface area contributed by atoms with Gasteiger partial charge in [0.2, 0.25) is 12.6 Å². The maximum absolute atomic E-state index is 13.4. The Bertz CT molecular complexity index is 2080. The first-order valence-electron chi connectivity index (χ1n) is 16.1. The average molecular weight is 746 g/mol. The standard InChI is InChI=1S/C34H35NO18/c1-2-13-5-11(10-35-13)6-14-19(9-20-21(22(14)39)17(38)8-18(49-20)12-3-4-15(36)16(37)7-12)50-33-27(44)24(41)26(43)30(52-33)32(48)53-34-28(45)23(40)25(42)29(51-34)31(46)47/h3-5,7-10,23-30,33-37,39-45H,2,6H2,1H3,(H,46,47). The van der Waals surface area contributed by atoms with E-state index in [2.05, 4.69) is 4.98 Å². The number of aryl methyl sites for hydroxylation is 1. The molecule has 284 valence electrons. The zero-order chi connectivity index (χ0) is 38.5. The number of esters is 1. The summed E-state index contributed by atoms with van der Waals surface area (Å²) in [4.78, 5) is 41.1. The number of fused-ring (bicyclic) bond motifs is 1. The first-order valence-corrected chi connectivity index (χ1v) is 16.1. The number of aromatic hydroxyl groups is 3. The van der Waals surface area contributed by atoms with Gasteiger partial charge in [-0.3, -0.25) is 4.79 Å². The van der Waals surface area contributed by atoms with Crippen LogP contribution in [0.1, 0.15) is 23.7 Å². The molecule has 19 nitrogen and oxygen atoms in total. The summed E-state index contributed by atoms with van der Waals surface area (Å²) in [7, 11) is 0. The quantitative estimate of drug-likeness (QED) is 0.0699. The average Bonchev–Trinajstić information content (AvgIpc) is 3.58. The van der Waals surface area contributed by atoms with Crippen LogP contribution in [0.4, 0.5) is 0 Å². The summed E-state index contributed by atoms with van der Waals surface area (Å²) < 4.78 is 27.2. The van der Waals surface area contributed by atoms with E-state index in [1.807, 2.05) is 6.92 Å². The molecule has 2 aliphatic heterocycles. The summed E-state index contributed by atoms with van der Waals surface area (Å²) in [5, 5.41) is 103. The monoisotopic (exact) mass is 745 g/mol. The fraction of sp³-hybridized carbons (Fsp3) is 0.382. The van der Waals surface area contributed by atoms with E-state index in [9.17, 15) is 65.4 Å². The van der Waals surface area contributed by atoms with Crippen molar-refractivity contribution in [1.29, 1.82) is 0 Å². The molecule has 4 heterocycles. The Kier molecular flexibility index (Phi) is 10.4. The molecule has 0 aliphatic carbocycles. The van der Waals surface area contributed by atoms with Gasteiger partial charge in [-0.15, -0.1) is 0 Å². The number of carbonyl (C=O) groups is 2. The van der Waals surface area contributed by atoms with Gasteiger partial charge in [-0.2, -0.15) is 0 Å². The molecule has 2 aromatic heterocycles. The van der Waals surface area contributed by atoms with Crippen LogP contribution in [0.15, 0.2) is 51.8 Å². The van der Waals surface area contributed by atoms with Gasteiger partial charge in [-0.05, 0) is 36.2 Å². The minimum absolute atomic E-state index is 0.0389. The van der Waals surface area contributed by atoms with Gasteiger partial charge in [0.1, 0.15) is 64.9 Å². The second kappa shape index (κ2) is 14.6. The van der Waals surface area contributed by atoms with E-state index in [1.165, 1.54) is 6.07 Å². The van der Waals surface area contributed by atoms with Crippen LogP contribution in [-0.2, 0) is 36.6 Å². The first-order chi connectivity index (χ1) is 25.1. The van der Waals surface area contributed by atoms with Crippen LogP contribution >= 0.6 is 0 Å². The van der Waals surface area contributed by atoms with E-state index in [1.54, 1.807) is 12.3 Å². The number of aliphatic hydroxyl groups is 6. The van der Waals surface area contributed by atoms with Crippen LogP contribution in [0.5, 0.6) is 23.0 Å². The number of ether oxygens (including phenoxy) is 4. The van der Waals surface area contributed by atoms with Crippen molar-refractivity contribution in [2.45, 2.75) is 81.2 Å². The molecule has 6 rings (SSSR count). The van der Waals surface area contributed by atoms with Crippen molar-refractivity contribution in [3.8, 4) is 34.3 Å². The molecular formula is C34H35NO18. The first kappa shape index (κ1) is 37.5. The summed E-state index contributed by atoms with van der Waals surface area (Å²) in [5.41, 5.74) is 0.589. The van der Waals surface area contributed by atoms with Crippen molar-refractivity contribution in [2.24, 2.45) is 0 Å². The van der Waals surface area contributed by atoms with E-state index in [0.717, 1.165) is 30.0 Å². The fourth-order valence-corrected chi connectivity index (χ4v) is 6.01. The highest BCUT2D eigenvalue weighted by molar-refractivity contribution is 5.88. The largest absolute Gasteiger partial charge is 0.507 e. The molecule has 11 N–H and O–H groups in total. The molecule has 2 saturated heterocycles. The van der Waals surface area contributed by atoms with E-state index in [4.69, 9.17) is 23.4 Å². The van der Waals surface area contributed by atoms with E-state index >= 15 is 0 Å². The maximum Gasteiger partial charge on any atom is 0.340 e. The van der Waals surface area contributed by atoms with Crippen molar-refractivity contribution in [2.75, 3.05) is 0 Å². The predicted octanol–water partition coefficient (Wildman–Crippen LogP) is -1.32. The Morgan fingerprint density at radius 1 is 0.811 bits per heavy atom. The number of carboxylic acid groups (broad SMARTS) is 1. The number of phenols is 3. The SMILES string of the molecule is CCc1cc(Cc2c(OC3OC(C(=O)OC4OC(C(=O)O)C(O)C(O)C4O)C(O)C(O)C3O)cc3oc(-c4ccc(O)c(O)c4)cc(=O)c3c2O)c[nH]1. The Balaban J connectivity index is 1.36. The molecule has 10 atom stereocenters. The van der Waals surface area contributed by atoms with Crippen LogP contribution in [0.2, 0.25) is 0 Å². The molecule has 10 unspecified atom stereocenters. The number of phenolic OH excluding ortho intramolecular Hbond substituents is 3. The Morgan fingerprint density at radius 2 is 1.47 bits per heavy atom. The van der Waals surface area contributed by atoms with Crippen molar-refractivity contribution in [1.82, 2.24) is 4.98 Å². The van der Waals surface area contributed by atoms with Crippen LogP contribution in [0.25, 0.3) is 22.3 Å². The van der Waals surface area contributed by atoms with Gasteiger partial charge in [-0.25, -0.2) is 9.59 Å². The lowest BCUT2D eigenvalue weighted by atomic mass is 9.97. The van der Waals surface area contributed by atoms with Crippen molar-refractivity contribution < 1.29 is 84.0 Å². The smallest absolute Gasteiger partial charge is 0.340 e. The third-order valence-corrected chi connectivity index (χ3v) is 8.97. The lowest BCUT2D eigenvalue weighted by Gasteiger charge is -2.41. The summed E-state index contributed by atoms with van der Waals surface area (Å²) >= 11 is 0. The van der Waals surface area contributed by atoms with Crippen LogP contribution in [0, 0.1) is 0 Å². The lowest BCUT2D eigenvalue weighted by molar-refractivity contribution is -0.302. The number of hydrogen-bond donors (Lipinski definition) is 11. The topological polar surface area (TPSA) is 319 Å². The van der Waals surface area contributed by atoms with E-state index in [-0.39, 0.29) is 40.0 Å². The third-order valence-electron chi connectivity index (χ3n) is 8.97. The molecule has 4 aromatic rings. The van der Waals surface area contributed by atoms with Crippen LogP contribution in [0.3, 0.4) is 0 Å². The zero-order valence-corrected chi connectivity index (χ0v) is 27.5. The van der Waals surface area contributed by atoms with Gasteiger partial charge in [0, 0.05) is 41.6 Å². The number of aliphatic hydroxyl groups excluding tert-OH is 6. The van der Waals surface area contributed by atoms with Crippen LogP contribution < -0.4 is 10.2 Å². The third kappa shape index (κ3) is 7.11. The van der Waals surface area contributed by atoms with Gasteiger partial charge in [0.25, 0.3) is 0 Å². The fourth-order valence-electron chi connectivity index (χ4n) is 6.01. The van der Waals surface area contributed by atoms with Crippen molar-refractivity contribution in [3.63, 3.8) is 0 Å². The number of carbonyl (C=O) groups excluding carboxylic acids is 1. The number of carboxylic acids is 1. The Morgan fingerprint density at radius 3 is 2.11 bits per heavy atom. The maximum atomic E-state index is 13.4. The number of aliphatic carboxylic acids is 1. The van der Waals surface area contributed by atoms with Gasteiger partial charge in [0.15, 0.2) is 29.1 Å². The second-order valence-electron chi connectivity index (χ2n) is 12.5. The number of H-pyrrole nitrogens is 1.